The molecule has 0 radical (unpaired) electrons. The highest BCUT2D eigenvalue weighted by atomic mass is 32.2. The first-order valence-electron chi connectivity index (χ1n) is 9.24. The summed E-state index contributed by atoms with van der Waals surface area (Å²) in [7, 11) is 0. The number of thioether (sulfide) groups is 1. The first-order valence-corrected chi connectivity index (χ1v) is 10.1. The average Bonchev–Trinajstić information content (AvgIpc) is 3.42. The van der Waals surface area contributed by atoms with Crippen molar-refractivity contribution in [3.8, 4) is 5.69 Å². The van der Waals surface area contributed by atoms with Crippen molar-refractivity contribution in [2.75, 3.05) is 0 Å². The highest BCUT2D eigenvalue weighted by Gasteiger charge is 2.26. The number of nitrogens with zero attached hydrogens (tertiary/aromatic N) is 3. The largest absolute Gasteiger partial charge is 0.285 e. The minimum absolute atomic E-state index is 0.461. The summed E-state index contributed by atoms with van der Waals surface area (Å²) in [6.45, 7) is 4.41. The van der Waals surface area contributed by atoms with Crippen LogP contribution < -0.4 is 0 Å². The molecule has 4 heteroatoms. The van der Waals surface area contributed by atoms with Crippen LogP contribution in [-0.2, 0) is 0 Å². The first-order chi connectivity index (χ1) is 12.7. The molecule has 130 valence electrons. The van der Waals surface area contributed by atoms with E-state index >= 15 is 0 Å². The summed E-state index contributed by atoms with van der Waals surface area (Å²) in [5.41, 5.74) is 4.57. The van der Waals surface area contributed by atoms with E-state index in [4.69, 9.17) is 4.98 Å². The summed E-state index contributed by atoms with van der Waals surface area (Å²) >= 11 is 1.79. The molecule has 0 N–H and O–H groups in total. The molecule has 0 saturated heterocycles. The van der Waals surface area contributed by atoms with Crippen LogP contribution in [0.3, 0.4) is 0 Å². The van der Waals surface area contributed by atoms with Gasteiger partial charge in [-0.25, -0.2) is 9.97 Å². The molecular weight excluding hydrogens is 338 g/mol. The van der Waals surface area contributed by atoms with E-state index in [9.17, 15) is 0 Å². The minimum atomic E-state index is 0.461. The Morgan fingerprint density at radius 3 is 2.58 bits per heavy atom. The molecular formula is C22H21N3S. The van der Waals surface area contributed by atoms with E-state index in [1.54, 1.807) is 11.8 Å². The Balaban J connectivity index is 1.82. The van der Waals surface area contributed by atoms with Crippen molar-refractivity contribution in [2.45, 2.75) is 43.0 Å². The van der Waals surface area contributed by atoms with Crippen LogP contribution in [0.15, 0.2) is 59.9 Å². The van der Waals surface area contributed by atoms with Gasteiger partial charge in [0, 0.05) is 16.8 Å². The second-order valence-electron chi connectivity index (χ2n) is 7.24. The van der Waals surface area contributed by atoms with Crippen molar-refractivity contribution in [1.29, 1.82) is 0 Å². The first kappa shape index (κ1) is 15.9. The van der Waals surface area contributed by atoms with Crippen LogP contribution in [-0.4, -0.2) is 19.8 Å². The quantitative estimate of drug-likeness (QED) is 0.422. The average molecular weight is 359 g/mol. The summed E-state index contributed by atoms with van der Waals surface area (Å²) < 4.78 is 2.28. The van der Waals surface area contributed by atoms with Crippen molar-refractivity contribution >= 4 is 33.7 Å². The zero-order chi connectivity index (χ0) is 17.7. The maximum absolute atomic E-state index is 4.82. The lowest BCUT2D eigenvalue weighted by Crippen LogP contribution is -2.01. The van der Waals surface area contributed by atoms with Gasteiger partial charge in [0.05, 0.1) is 11.2 Å². The second kappa shape index (κ2) is 6.13. The monoisotopic (exact) mass is 359 g/mol. The lowest BCUT2D eigenvalue weighted by molar-refractivity contribution is 0.915. The molecule has 0 atom stereocenters. The molecule has 1 aliphatic carbocycles. The molecule has 2 aromatic heterocycles. The van der Waals surface area contributed by atoms with Gasteiger partial charge in [0.25, 0.3) is 0 Å². The van der Waals surface area contributed by atoms with Gasteiger partial charge in [-0.2, -0.15) is 0 Å². The van der Waals surface area contributed by atoms with Crippen molar-refractivity contribution in [3.05, 3.63) is 60.3 Å². The van der Waals surface area contributed by atoms with Gasteiger partial charge in [0.2, 0.25) is 0 Å². The van der Waals surface area contributed by atoms with E-state index < -0.39 is 0 Å². The number of hydrogen-bond donors (Lipinski definition) is 0. The molecule has 4 aromatic rings. The molecule has 5 rings (SSSR count). The number of hydrogen-bond acceptors (Lipinski definition) is 3. The highest BCUT2D eigenvalue weighted by Crippen LogP contribution is 2.44. The lowest BCUT2D eigenvalue weighted by atomic mass is 9.99. The van der Waals surface area contributed by atoms with Gasteiger partial charge in [0.15, 0.2) is 10.8 Å². The third-order valence-corrected chi connectivity index (χ3v) is 5.89. The Labute approximate surface area is 157 Å². The number of fused-ring (bicyclic) bond motifs is 2. The predicted octanol–water partition coefficient (Wildman–Crippen LogP) is 5.95. The number of benzene rings is 2. The van der Waals surface area contributed by atoms with Crippen molar-refractivity contribution in [1.82, 2.24) is 14.5 Å². The van der Waals surface area contributed by atoms with Gasteiger partial charge in [-0.1, -0.05) is 55.9 Å². The third-order valence-electron chi connectivity index (χ3n) is 4.93. The van der Waals surface area contributed by atoms with Crippen molar-refractivity contribution in [2.24, 2.45) is 0 Å². The van der Waals surface area contributed by atoms with Crippen molar-refractivity contribution < 1.29 is 0 Å². The van der Waals surface area contributed by atoms with Gasteiger partial charge >= 0.3 is 0 Å². The van der Waals surface area contributed by atoms with E-state index in [2.05, 4.69) is 65.9 Å². The molecule has 2 aromatic carbocycles. The van der Waals surface area contributed by atoms with Crippen LogP contribution in [0.4, 0.5) is 0 Å². The summed E-state index contributed by atoms with van der Waals surface area (Å²) in [5.74, 6) is 0.736. The molecule has 0 bridgehead atoms. The van der Waals surface area contributed by atoms with Crippen LogP contribution in [0.5, 0.6) is 0 Å². The van der Waals surface area contributed by atoms with Crippen LogP contribution in [0.2, 0.25) is 0 Å². The lowest BCUT2D eigenvalue weighted by Gasteiger charge is -2.15. The number of aromatic nitrogens is 3. The highest BCUT2D eigenvalue weighted by molar-refractivity contribution is 7.99. The Kier molecular flexibility index (Phi) is 3.75. The molecule has 1 fully saturated rings. The maximum atomic E-state index is 4.82. The predicted molar refractivity (Wildman–Crippen MR) is 109 cm³/mol. The number of pyridine rings is 1. The van der Waals surface area contributed by atoms with Crippen LogP contribution >= 0.6 is 11.8 Å². The third kappa shape index (κ3) is 2.60. The molecule has 2 heterocycles. The smallest absolute Gasteiger partial charge is 0.179 e. The Morgan fingerprint density at radius 2 is 1.81 bits per heavy atom. The Hall–Kier alpha value is -2.33. The fourth-order valence-corrected chi connectivity index (χ4v) is 4.53. The number of imidazole rings is 1. The van der Waals surface area contributed by atoms with Crippen LogP contribution in [0, 0.1) is 0 Å². The van der Waals surface area contributed by atoms with E-state index in [-0.39, 0.29) is 0 Å². The summed E-state index contributed by atoms with van der Waals surface area (Å²) in [4.78, 5) is 9.31. The van der Waals surface area contributed by atoms with Gasteiger partial charge in [-0.3, -0.25) is 4.57 Å². The van der Waals surface area contributed by atoms with Gasteiger partial charge in [-0.05, 0) is 47.9 Å². The normalized spacial score (nSPS) is 14.6. The fourth-order valence-electron chi connectivity index (χ4n) is 3.67. The molecule has 1 aliphatic rings. The molecule has 1 saturated carbocycles. The van der Waals surface area contributed by atoms with Crippen LogP contribution in [0.25, 0.3) is 27.6 Å². The van der Waals surface area contributed by atoms with E-state index in [1.807, 2.05) is 12.3 Å². The number of rotatable bonds is 4. The van der Waals surface area contributed by atoms with Crippen molar-refractivity contribution in [3.63, 3.8) is 0 Å². The zero-order valence-electron chi connectivity index (χ0n) is 15.0. The maximum Gasteiger partial charge on any atom is 0.179 e. The topological polar surface area (TPSA) is 30.7 Å². The molecule has 0 amide bonds. The summed E-state index contributed by atoms with van der Waals surface area (Å²) in [6.07, 6.45) is 4.45. The minimum Gasteiger partial charge on any atom is -0.285 e. The molecule has 26 heavy (non-hydrogen) atoms. The fraction of sp³-hybridized carbons (Fsp3) is 0.273. The van der Waals surface area contributed by atoms with E-state index in [1.165, 1.54) is 34.9 Å². The van der Waals surface area contributed by atoms with Gasteiger partial charge in [0.1, 0.15) is 0 Å². The van der Waals surface area contributed by atoms with Gasteiger partial charge in [-0.15, -0.1) is 0 Å². The Bertz CT molecular complexity index is 1110. The summed E-state index contributed by atoms with van der Waals surface area (Å²) in [6, 6.07) is 17.5. The van der Waals surface area contributed by atoms with Crippen LogP contribution in [0.1, 0.15) is 38.2 Å². The standard InChI is InChI=1S/C22H21N3S/c1-14(2)26-22-24-21-20(8-5-13-23-21)25(22)19-12-11-16(15-9-10-15)17-6-3-4-7-18(17)19/h3-8,11-15H,9-10H2,1-2H3. The molecule has 0 spiro atoms. The zero-order valence-corrected chi connectivity index (χ0v) is 15.8. The van der Waals surface area contributed by atoms with Gasteiger partial charge < -0.3 is 0 Å². The summed E-state index contributed by atoms with van der Waals surface area (Å²) in [5, 5.41) is 4.14. The molecule has 0 aliphatic heterocycles. The molecule has 3 nitrogen and oxygen atoms in total. The van der Waals surface area contributed by atoms with E-state index in [0.29, 0.717) is 5.25 Å². The van der Waals surface area contributed by atoms with E-state index in [0.717, 1.165) is 22.2 Å². The second-order valence-corrected chi connectivity index (χ2v) is 8.78. The Morgan fingerprint density at radius 1 is 1.00 bits per heavy atom. The molecule has 0 unspecified atom stereocenters. The SMILES string of the molecule is CC(C)Sc1nc2ncccc2n1-c1ccc(C2CC2)c2ccccc12.